The minimum Gasteiger partial charge on any atom is -0.480 e. The number of carboxylic acid groups (broad SMARTS) is 5. The van der Waals surface area contributed by atoms with Gasteiger partial charge in [0.2, 0.25) is 18.2 Å². The van der Waals surface area contributed by atoms with Crippen LogP contribution in [0.2, 0.25) is 0 Å². The van der Waals surface area contributed by atoms with Gasteiger partial charge in [-0.05, 0) is 115 Å². The fraction of sp³-hybridized carbons (Fsp3) is 0.533. The van der Waals surface area contributed by atoms with E-state index in [1.807, 2.05) is 36.4 Å². The second-order valence-corrected chi connectivity index (χ2v) is 18.3. The Kier molecular flexibility index (Phi) is 26.4. The van der Waals surface area contributed by atoms with Crippen LogP contribution in [0.4, 0.5) is 5.69 Å². The van der Waals surface area contributed by atoms with Gasteiger partial charge in [0.15, 0.2) is 5.11 Å². The monoisotopic (exact) mass is 1100 g/mol. The van der Waals surface area contributed by atoms with E-state index in [0.29, 0.717) is 62.4 Å². The average molecular weight is 1100 g/mol. The Morgan fingerprint density at radius 1 is 0.652 bits per heavy atom. The molecule has 3 atom stereocenters. The molecule has 3 amide bonds. The summed E-state index contributed by atoms with van der Waals surface area (Å²) in [5, 5.41) is 62.7. The lowest BCUT2D eigenvalue weighted by molar-refractivity contribution is -0.142. The summed E-state index contributed by atoms with van der Waals surface area (Å²) in [6, 6.07) is 12.1. The third kappa shape index (κ3) is 24.5. The highest BCUT2D eigenvalue weighted by Crippen LogP contribution is 2.17. The van der Waals surface area contributed by atoms with Crippen LogP contribution in [-0.4, -0.2) is 202 Å². The topological polar surface area (TPSA) is 311 Å². The first-order valence-electron chi connectivity index (χ1n) is 22.6. The van der Waals surface area contributed by atoms with Crippen molar-refractivity contribution in [3.63, 3.8) is 0 Å². The van der Waals surface area contributed by atoms with Crippen LogP contribution in [0.5, 0.6) is 0 Å². The summed E-state index contributed by atoms with van der Waals surface area (Å²) in [7, 11) is 0. The van der Waals surface area contributed by atoms with Crippen LogP contribution < -0.4 is 26.6 Å². The summed E-state index contributed by atoms with van der Waals surface area (Å²) in [6.45, 7) is 0.579. The predicted octanol–water partition coefficient (Wildman–Crippen LogP) is 0.432. The van der Waals surface area contributed by atoms with Gasteiger partial charge >= 0.3 is 29.8 Å². The summed E-state index contributed by atoms with van der Waals surface area (Å²) >= 11 is 7.66. The van der Waals surface area contributed by atoms with Gasteiger partial charge in [-0.1, -0.05) is 24.3 Å². The van der Waals surface area contributed by atoms with Gasteiger partial charge in [0.05, 0.1) is 32.6 Å². The Balaban J connectivity index is 1.51. The normalized spacial score (nSPS) is 16.3. The molecule has 1 fully saturated rings. The van der Waals surface area contributed by atoms with Crippen molar-refractivity contribution in [3.05, 3.63) is 63.2 Å². The van der Waals surface area contributed by atoms with E-state index in [2.05, 4.69) is 49.2 Å². The minimum absolute atomic E-state index is 0.131. The third-order valence-electron chi connectivity index (χ3n) is 11.2. The number of hydrogen-bond acceptors (Lipinski definition) is 13. The Morgan fingerprint density at radius 3 is 1.71 bits per heavy atom. The first kappa shape index (κ1) is 57.8. The van der Waals surface area contributed by atoms with Gasteiger partial charge < -0.3 is 52.1 Å². The molecule has 0 spiro atoms. The molecule has 1 aliphatic rings. The molecule has 0 saturated carbocycles. The zero-order valence-electron chi connectivity index (χ0n) is 38.4. The van der Waals surface area contributed by atoms with Gasteiger partial charge in [-0.15, -0.1) is 0 Å². The van der Waals surface area contributed by atoms with E-state index in [4.69, 9.17) is 12.2 Å². The second-order valence-electron chi connectivity index (χ2n) is 16.6. The van der Waals surface area contributed by atoms with Gasteiger partial charge in [-0.2, -0.15) is 0 Å². The number of nitrogens with zero attached hydrogens (tertiary/aromatic N) is 4. The van der Waals surface area contributed by atoms with Crippen molar-refractivity contribution in [3.8, 4) is 0 Å². The van der Waals surface area contributed by atoms with E-state index in [9.17, 15) is 63.9 Å². The largest absolute Gasteiger partial charge is 0.480 e. The molecule has 0 radical (unpaired) electrons. The molecule has 2 aromatic carbocycles. The number of carboxylic acids is 5. The summed E-state index contributed by atoms with van der Waals surface area (Å²) in [6.07, 6.45) is 3.24. The molecule has 380 valence electrons. The van der Waals surface area contributed by atoms with Crippen LogP contribution in [0.15, 0.2) is 48.5 Å². The lowest BCUT2D eigenvalue weighted by Gasteiger charge is -2.37. The first-order valence-corrected chi connectivity index (χ1v) is 24.1. The number of unbranched alkanes of at least 4 members (excludes halogenated alkanes) is 2. The van der Waals surface area contributed by atoms with Crippen LogP contribution in [0.1, 0.15) is 49.7 Å². The summed E-state index contributed by atoms with van der Waals surface area (Å²) in [5.74, 6) is -6.37. The van der Waals surface area contributed by atoms with E-state index < -0.39 is 53.9 Å². The smallest absolute Gasteiger partial charge is 0.326 e. The zero-order chi connectivity index (χ0) is 50.7. The van der Waals surface area contributed by atoms with E-state index in [-0.39, 0.29) is 97.2 Å². The quantitative estimate of drug-likeness (QED) is 0.0239. The highest BCUT2D eigenvalue weighted by Gasteiger charge is 2.28. The maximum atomic E-state index is 13.0. The average Bonchev–Trinajstić information content (AvgIpc) is 3.27. The Bertz CT molecular complexity index is 2020. The van der Waals surface area contributed by atoms with Crippen molar-refractivity contribution < 1.29 is 63.9 Å². The highest BCUT2D eigenvalue weighted by molar-refractivity contribution is 14.1. The van der Waals surface area contributed by atoms with Gasteiger partial charge in [0.1, 0.15) is 12.1 Å². The van der Waals surface area contributed by atoms with E-state index >= 15 is 0 Å². The van der Waals surface area contributed by atoms with Gasteiger partial charge in [0, 0.05) is 74.2 Å². The van der Waals surface area contributed by atoms with Crippen molar-refractivity contribution in [1.29, 1.82) is 0 Å². The van der Waals surface area contributed by atoms with Crippen molar-refractivity contribution in [1.82, 2.24) is 40.9 Å². The molecule has 24 heteroatoms. The molecule has 2 aromatic rings. The first-order chi connectivity index (χ1) is 32.9. The molecule has 3 rings (SSSR count). The van der Waals surface area contributed by atoms with Crippen LogP contribution in [0, 0.1) is 3.57 Å². The number of halogens is 1. The van der Waals surface area contributed by atoms with Crippen molar-refractivity contribution >= 4 is 93.7 Å². The number of carbonyl (C=O) groups excluding carboxylic acids is 3. The molecule has 1 aliphatic heterocycles. The van der Waals surface area contributed by atoms with Crippen LogP contribution in [0.25, 0.3) is 0 Å². The van der Waals surface area contributed by atoms with Crippen molar-refractivity contribution in [2.24, 2.45) is 0 Å². The maximum absolute atomic E-state index is 13.0. The van der Waals surface area contributed by atoms with Crippen LogP contribution in [-0.2, 0) is 51.2 Å². The Morgan fingerprint density at radius 2 is 1.16 bits per heavy atom. The van der Waals surface area contributed by atoms with Crippen molar-refractivity contribution in [2.75, 3.05) is 90.4 Å². The van der Waals surface area contributed by atoms with E-state index in [1.54, 1.807) is 31.7 Å². The van der Waals surface area contributed by atoms with E-state index in [0.717, 1.165) is 14.7 Å². The van der Waals surface area contributed by atoms with Gasteiger partial charge in [-0.3, -0.25) is 53.2 Å². The number of carbonyl (C=O) groups is 8. The summed E-state index contributed by atoms with van der Waals surface area (Å²) in [5.41, 5.74) is 2.31. The predicted molar refractivity (Wildman–Crippen MR) is 266 cm³/mol. The number of benzene rings is 2. The number of anilines is 1. The summed E-state index contributed by atoms with van der Waals surface area (Å²) in [4.78, 5) is 102. The molecule has 3 unspecified atom stereocenters. The van der Waals surface area contributed by atoms with Crippen molar-refractivity contribution in [2.45, 2.75) is 69.5 Å². The lowest BCUT2D eigenvalue weighted by atomic mass is 10.0. The molecule has 0 bridgehead atoms. The number of thiocarbonyl (C=S) groups is 1. The molecule has 0 aromatic heterocycles. The van der Waals surface area contributed by atoms with Gasteiger partial charge in [-0.25, -0.2) is 4.79 Å². The van der Waals surface area contributed by atoms with Gasteiger partial charge in [0.25, 0.3) is 0 Å². The zero-order valence-corrected chi connectivity index (χ0v) is 41.3. The minimum atomic E-state index is -1.21. The number of rotatable bonds is 28. The standard InChI is InChI=1S/C45H64IN9O13S/c46-33-11-7-32(8-12-33)24-38(57)47-15-3-2-6-37(44(67)68)51-43(66)36(49-30-56)5-1-4-16-48-45(69)50-34-13-9-31(10-14-34)23-35-25-54(28-41(62)63)20-19-52(26-39(58)59)17-18-53(27-40(60)61)21-22-55(35)29-42(64)65/h7-14,30,35-37H,1-6,15-29H2,(H,47,57)(H,49,56)(H,51,66)(H,58,59)(H,60,61)(H,62,63)(H,64,65)(H,67,68)(H2,48,50,69). The van der Waals surface area contributed by atoms with E-state index in [1.165, 1.54) is 0 Å². The third-order valence-corrected chi connectivity index (χ3v) is 12.1. The Labute approximate surface area is 419 Å². The molecule has 10 N–H and O–H groups in total. The second kappa shape index (κ2) is 31.6. The van der Waals surface area contributed by atoms with Crippen LogP contribution >= 0.6 is 34.8 Å². The highest BCUT2D eigenvalue weighted by atomic mass is 127. The molecular formula is C45H64IN9O13S. The number of hydrogen-bond donors (Lipinski definition) is 10. The number of amides is 3. The molecule has 1 heterocycles. The lowest BCUT2D eigenvalue weighted by Crippen LogP contribution is -2.53. The summed E-state index contributed by atoms with van der Waals surface area (Å²) < 4.78 is 1.07. The fourth-order valence-electron chi connectivity index (χ4n) is 7.66. The SMILES string of the molecule is O=CNC(CCCCNC(=S)Nc1ccc(CC2CN(CC(=O)O)CCN(CC(=O)O)CCN(CC(=O)O)CCN2CC(=O)O)cc1)C(=O)NC(CCCCNC(=O)Cc1ccc(I)cc1)C(=O)O. The number of aliphatic carboxylic acids is 5. The fourth-order valence-corrected chi connectivity index (χ4v) is 8.24. The Hall–Kier alpha value is -5.54. The molecule has 1 saturated heterocycles. The molecule has 69 heavy (non-hydrogen) atoms. The van der Waals surface area contributed by atoms with Crippen LogP contribution in [0.3, 0.4) is 0 Å². The molecule has 22 nitrogen and oxygen atoms in total. The molecule has 0 aliphatic carbocycles. The maximum Gasteiger partial charge on any atom is 0.326 e. The molecular weight excluding hydrogens is 1030 g/mol. The number of nitrogens with one attached hydrogen (secondary N) is 5.